The minimum atomic E-state index is -2.64. The number of para-hydroxylation sites is 1. The van der Waals surface area contributed by atoms with Crippen LogP contribution in [0.15, 0.2) is 174 Å². The predicted molar refractivity (Wildman–Crippen MR) is 201 cm³/mol. The van der Waals surface area contributed by atoms with Crippen LogP contribution in [0.3, 0.4) is 0 Å². The lowest BCUT2D eigenvalue weighted by atomic mass is 10.1. The van der Waals surface area contributed by atoms with Gasteiger partial charge in [0.1, 0.15) is 0 Å². The van der Waals surface area contributed by atoms with Gasteiger partial charge in [0.05, 0.1) is 11.0 Å². The molecular formula is C42H27NS2Si. The summed E-state index contributed by atoms with van der Waals surface area (Å²) in [4.78, 5) is 2.76. The van der Waals surface area contributed by atoms with Crippen LogP contribution in [-0.2, 0) is 0 Å². The molecule has 0 saturated heterocycles. The van der Waals surface area contributed by atoms with E-state index in [1.54, 1.807) is 0 Å². The average molecular weight is 638 g/mol. The van der Waals surface area contributed by atoms with Gasteiger partial charge in [-0.25, -0.2) is 0 Å². The highest BCUT2D eigenvalue weighted by atomic mass is 32.2. The third kappa shape index (κ3) is 3.58. The molecule has 0 N–H and O–H groups in total. The van der Waals surface area contributed by atoms with Crippen molar-refractivity contribution in [2.24, 2.45) is 0 Å². The number of hydrogen-bond donors (Lipinski definition) is 0. The molecule has 7 aromatic carbocycles. The Morgan fingerprint density at radius 3 is 1.91 bits per heavy atom. The van der Waals surface area contributed by atoms with Gasteiger partial charge in [-0.3, -0.25) is 0 Å². The molecule has 0 fully saturated rings. The Morgan fingerprint density at radius 2 is 1.11 bits per heavy atom. The number of fused-ring (bicyclic) bond motifs is 9. The Bertz CT molecular complexity index is 2580. The van der Waals surface area contributed by atoms with Crippen LogP contribution in [0.25, 0.3) is 47.7 Å². The number of benzene rings is 7. The van der Waals surface area contributed by atoms with Gasteiger partial charge in [-0.1, -0.05) is 133 Å². The van der Waals surface area contributed by atoms with E-state index in [1.807, 2.05) is 23.1 Å². The molecule has 0 atom stereocenters. The van der Waals surface area contributed by atoms with Crippen molar-refractivity contribution >= 4 is 93.9 Å². The Kier molecular flexibility index (Phi) is 5.77. The van der Waals surface area contributed by atoms with Crippen molar-refractivity contribution in [3.63, 3.8) is 0 Å². The maximum absolute atomic E-state index is 2.64. The van der Waals surface area contributed by atoms with E-state index in [0.29, 0.717) is 0 Å². The lowest BCUT2D eigenvalue weighted by Gasteiger charge is -2.40. The van der Waals surface area contributed by atoms with Gasteiger partial charge < -0.3 is 4.57 Å². The van der Waals surface area contributed by atoms with Crippen molar-refractivity contribution in [2.75, 3.05) is 0 Å². The normalized spacial score (nSPS) is 13.7. The van der Waals surface area contributed by atoms with Crippen LogP contribution < -0.4 is 20.7 Å². The Labute approximate surface area is 276 Å². The number of thiophene rings is 1. The van der Waals surface area contributed by atoms with Gasteiger partial charge in [0.25, 0.3) is 0 Å². The molecule has 3 heterocycles. The van der Waals surface area contributed by atoms with Gasteiger partial charge in [-0.15, -0.1) is 11.3 Å². The molecule has 216 valence electrons. The van der Waals surface area contributed by atoms with Crippen molar-refractivity contribution in [1.29, 1.82) is 0 Å². The molecule has 46 heavy (non-hydrogen) atoms. The van der Waals surface area contributed by atoms with Crippen molar-refractivity contribution in [3.05, 3.63) is 164 Å². The number of rotatable bonds is 3. The Hall–Kier alpha value is -4.87. The molecule has 0 unspecified atom stereocenters. The van der Waals surface area contributed by atoms with Gasteiger partial charge in [0.15, 0.2) is 8.07 Å². The summed E-state index contributed by atoms with van der Waals surface area (Å²) in [6, 6.07) is 61.4. The largest absolute Gasteiger partial charge is 0.309 e. The Balaban J connectivity index is 1.34. The van der Waals surface area contributed by atoms with Crippen LogP contribution in [0.2, 0.25) is 0 Å². The summed E-state index contributed by atoms with van der Waals surface area (Å²) >= 11 is 3.83. The molecular weight excluding hydrogens is 611 g/mol. The molecule has 0 aliphatic carbocycles. The molecule has 4 heteroatoms. The molecule has 0 radical (unpaired) electrons. The molecule has 1 aliphatic heterocycles. The predicted octanol–water partition coefficient (Wildman–Crippen LogP) is 8.99. The van der Waals surface area contributed by atoms with Crippen molar-refractivity contribution in [1.82, 2.24) is 4.57 Å². The number of aromatic nitrogens is 1. The quantitative estimate of drug-likeness (QED) is 0.175. The highest BCUT2D eigenvalue weighted by Gasteiger charge is 2.47. The molecule has 1 nitrogen and oxygen atoms in total. The minimum absolute atomic E-state index is 1.21. The molecule has 0 saturated carbocycles. The fraction of sp³-hybridized carbons (Fsp3) is 0. The van der Waals surface area contributed by atoms with Gasteiger partial charge in [0, 0.05) is 46.4 Å². The summed E-state index contributed by atoms with van der Waals surface area (Å²) in [5, 5.41) is 11.1. The van der Waals surface area contributed by atoms with Crippen LogP contribution in [-0.4, -0.2) is 12.6 Å². The second-order valence-corrected chi connectivity index (χ2v) is 17.9. The van der Waals surface area contributed by atoms with Crippen LogP contribution in [0, 0.1) is 0 Å². The highest BCUT2D eigenvalue weighted by molar-refractivity contribution is 8.00. The molecule has 2 aromatic heterocycles. The zero-order valence-corrected chi connectivity index (χ0v) is 27.5. The zero-order valence-electron chi connectivity index (χ0n) is 24.9. The third-order valence-corrected chi connectivity index (χ3v) is 17.3. The van der Waals surface area contributed by atoms with Crippen molar-refractivity contribution in [3.8, 4) is 5.69 Å². The van der Waals surface area contributed by atoms with Crippen LogP contribution in [0.5, 0.6) is 0 Å². The van der Waals surface area contributed by atoms with E-state index in [2.05, 4.69) is 168 Å². The van der Waals surface area contributed by atoms with Crippen LogP contribution >= 0.6 is 23.1 Å². The lowest BCUT2D eigenvalue weighted by Crippen LogP contribution is -2.76. The monoisotopic (exact) mass is 637 g/mol. The lowest BCUT2D eigenvalue weighted by molar-refractivity contribution is 1.18. The minimum Gasteiger partial charge on any atom is -0.309 e. The van der Waals surface area contributed by atoms with E-state index in [4.69, 9.17) is 0 Å². The molecule has 10 rings (SSSR count). The third-order valence-electron chi connectivity index (χ3n) is 9.73. The van der Waals surface area contributed by atoms with E-state index in [-0.39, 0.29) is 0 Å². The zero-order chi connectivity index (χ0) is 30.2. The summed E-state index contributed by atoms with van der Waals surface area (Å²) in [5.41, 5.74) is 3.71. The molecule has 1 aliphatic rings. The van der Waals surface area contributed by atoms with Crippen LogP contribution in [0.4, 0.5) is 0 Å². The Morgan fingerprint density at radius 1 is 0.457 bits per heavy atom. The second-order valence-electron chi connectivity index (χ2n) is 12.0. The van der Waals surface area contributed by atoms with Gasteiger partial charge in [-0.2, -0.15) is 0 Å². The number of hydrogen-bond acceptors (Lipinski definition) is 2. The summed E-state index contributed by atoms with van der Waals surface area (Å²) < 4.78 is 5.16. The topological polar surface area (TPSA) is 4.93 Å². The van der Waals surface area contributed by atoms with E-state index < -0.39 is 8.07 Å². The van der Waals surface area contributed by atoms with Crippen molar-refractivity contribution < 1.29 is 0 Å². The summed E-state index contributed by atoms with van der Waals surface area (Å²) in [5.74, 6) is 0. The van der Waals surface area contributed by atoms with Gasteiger partial charge >= 0.3 is 0 Å². The summed E-state index contributed by atoms with van der Waals surface area (Å²) in [7, 11) is -2.64. The first-order valence-electron chi connectivity index (χ1n) is 15.7. The van der Waals surface area contributed by atoms with E-state index in [9.17, 15) is 0 Å². The van der Waals surface area contributed by atoms with E-state index in [0.717, 1.165) is 0 Å². The fourth-order valence-corrected chi connectivity index (χ4v) is 16.0. The molecule has 0 bridgehead atoms. The average Bonchev–Trinajstić information content (AvgIpc) is 3.67. The maximum atomic E-state index is 2.49. The van der Waals surface area contributed by atoms with Crippen molar-refractivity contribution in [2.45, 2.75) is 9.79 Å². The van der Waals surface area contributed by atoms with Gasteiger partial charge in [0.2, 0.25) is 0 Å². The molecule has 0 amide bonds. The second kappa shape index (κ2) is 10.1. The highest BCUT2D eigenvalue weighted by Crippen LogP contribution is 2.43. The van der Waals surface area contributed by atoms with Crippen LogP contribution in [0.1, 0.15) is 0 Å². The molecule has 9 aromatic rings. The van der Waals surface area contributed by atoms with E-state index in [1.165, 1.54) is 78.2 Å². The fourth-order valence-electron chi connectivity index (χ4n) is 7.85. The maximum Gasteiger partial charge on any atom is 0.181 e. The SMILES string of the molecule is c1ccc([Si]2(c3ccccc3)c3ccccc3Sc3c2ccc2c3c3ccccc3n2-c2ccc3sc4ccccc4c3c2)cc1. The smallest absolute Gasteiger partial charge is 0.181 e. The first kappa shape index (κ1) is 26.4. The first-order valence-corrected chi connectivity index (χ1v) is 19.3. The first-order chi connectivity index (χ1) is 22.8. The standard InChI is InChI=1S/C42H27NS2Si/c1-3-13-29(14-4-1)46(30-15-5-2-6-16-30)39-22-12-11-21-38(39)45-42-40(46)26-24-35-41(42)32-18-7-9-19-34(32)43(35)28-23-25-37-33(27-28)31-17-8-10-20-36(31)44-37/h1-27H. The van der Waals surface area contributed by atoms with Gasteiger partial charge in [-0.05, 0) is 63.2 Å². The van der Waals surface area contributed by atoms with E-state index >= 15 is 0 Å². The summed E-state index contributed by atoms with van der Waals surface area (Å²) in [6.45, 7) is 0. The number of nitrogens with zero attached hydrogens (tertiary/aromatic N) is 1. The molecule has 0 spiro atoms. The summed E-state index contributed by atoms with van der Waals surface area (Å²) in [6.07, 6.45) is 0.